The summed E-state index contributed by atoms with van der Waals surface area (Å²) in [5.41, 5.74) is 1.25. The summed E-state index contributed by atoms with van der Waals surface area (Å²) in [6.45, 7) is 1.84. The minimum Gasteiger partial charge on any atom is -0.508 e. The number of phenolic OH excluding ortho intramolecular Hbond substituents is 1. The number of carboxylic acids is 1. The molecule has 4 heteroatoms. The lowest BCUT2D eigenvalue weighted by molar-refractivity contribution is -0.137. The highest BCUT2D eigenvalue weighted by Crippen LogP contribution is 2.31. The molecule has 0 saturated carbocycles. The second-order valence-corrected chi connectivity index (χ2v) is 4.74. The lowest BCUT2D eigenvalue weighted by Crippen LogP contribution is -2.21. The second-order valence-electron chi connectivity index (χ2n) is 4.74. The van der Waals surface area contributed by atoms with Crippen LogP contribution in [0.2, 0.25) is 0 Å². The van der Waals surface area contributed by atoms with E-state index in [1.807, 2.05) is 6.92 Å². The third-order valence-corrected chi connectivity index (χ3v) is 3.29. The summed E-state index contributed by atoms with van der Waals surface area (Å²) >= 11 is 0. The molecular weight excluding hydrogens is 244 g/mol. The van der Waals surface area contributed by atoms with Crippen molar-refractivity contribution in [3.63, 3.8) is 0 Å². The van der Waals surface area contributed by atoms with E-state index in [0.717, 1.165) is 0 Å². The van der Waals surface area contributed by atoms with Gasteiger partial charge in [-0.25, -0.2) is 0 Å². The molecule has 1 aliphatic rings. The lowest BCUT2D eigenvalue weighted by atomic mass is 9.84. The SMILES string of the molecule is CC1C=C(C(C(=O)O)c2ccc(O)cc2)C=CC1O. The van der Waals surface area contributed by atoms with Crippen LogP contribution in [-0.4, -0.2) is 27.4 Å². The number of aliphatic hydroxyl groups excluding tert-OH is 1. The molecule has 19 heavy (non-hydrogen) atoms. The van der Waals surface area contributed by atoms with Crippen LogP contribution in [-0.2, 0) is 4.79 Å². The molecule has 1 aromatic rings. The maximum Gasteiger partial charge on any atom is 0.315 e. The van der Waals surface area contributed by atoms with Gasteiger partial charge in [0.05, 0.1) is 6.10 Å². The molecular formula is C15H16O4. The molecule has 100 valence electrons. The fourth-order valence-electron chi connectivity index (χ4n) is 2.18. The van der Waals surface area contributed by atoms with Gasteiger partial charge in [0.15, 0.2) is 0 Å². The molecule has 0 saturated heterocycles. The maximum atomic E-state index is 11.5. The highest BCUT2D eigenvalue weighted by molar-refractivity contribution is 5.81. The lowest BCUT2D eigenvalue weighted by Gasteiger charge is -2.22. The Labute approximate surface area is 111 Å². The van der Waals surface area contributed by atoms with Gasteiger partial charge in [0.25, 0.3) is 0 Å². The Balaban J connectivity index is 2.37. The van der Waals surface area contributed by atoms with E-state index in [9.17, 15) is 20.1 Å². The average molecular weight is 260 g/mol. The molecule has 2 rings (SSSR count). The van der Waals surface area contributed by atoms with Crippen LogP contribution in [0.25, 0.3) is 0 Å². The summed E-state index contributed by atoms with van der Waals surface area (Å²) in [5, 5.41) is 28.3. The zero-order chi connectivity index (χ0) is 14.0. The number of carbonyl (C=O) groups is 1. The van der Waals surface area contributed by atoms with E-state index in [4.69, 9.17) is 0 Å². The molecule has 0 bridgehead atoms. The van der Waals surface area contributed by atoms with E-state index in [1.54, 1.807) is 30.4 Å². The fourth-order valence-corrected chi connectivity index (χ4v) is 2.18. The first kappa shape index (κ1) is 13.4. The monoisotopic (exact) mass is 260 g/mol. The third kappa shape index (κ3) is 2.85. The highest BCUT2D eigenvalue weighted by Gasteiger charge is 2.26. The summed E-state index contributed by atoms with van der Waals surface area (Å²) in [6.07, 6.45) is 4.46. The van der Waals surface area contributed by atoms with Crippen LogP contribution < -0.4 is 0 Å². The van der Waals surface area contributed by atoms with Gasteiger partial charge in [-0.05, 0) is 23.3 Å². The van der Waals surface area contributed by atoms with Crippen molar-refractivity contribution in [2.75, 3.05) is 0 Å². The van der Waals surface area contributed by atoms with E-state index in [0.29, 0.717) is 11.1 Å². The van der Waals surface area contributed by atoms with E-state index in [1.165, 1.54) is 12.1 Å². The Morgan fingerprint density at radius 1 is 1.26 bits per heavy atom. The zero-order valence-electron chi connectivity index (χ0n) is 10.5. The number of aliphatic hydroxyl groups is 1. The number of benzene rings is 1. The van der Waals surface area contributed by atoms with Gasteiger partial charge in [-0.3, -0.25) is 4.79 Å². The number of carboxylic acid groups (broad SMARTS) is 1. The van der Waals surface area contributed by atoms with E-state index in [2.05, 4.69) is 0 Å². The van der Waals surface area contributed by atoms with Crippen molar-refractivity contribution in [1.82, 2.24) is 0 Å². The van der Waals surface area contributed by atoms with Gasteiger partial charge in [-0.15, -0.1) is 0 Å². The van der Waals surface area contributed by atoms with Gasteiger partial charge in [-0.1, -0.05) is 37.3 Å². The average Bonchev–Trinajstić information content (AvgIpc) is 2.36. The molecule has 1 aliphatic carbocycles. The van der Waals surface area contributed by atoms with Crippen molar-refractivity contribution >= 4 is 5.97 Å². The van der Waals surface area contributed by atoms with Gasteiger partial charge in [0, 0.05) is 5.92 Å². The minimum atomic E-state index is -0.954. The Morgan fingerprint density at radius 3 is 2.42 bits per heavy atom. The Hall–Kier alpha value is -2.07. The van der Waals surface area contributed by atoms with Gasteiger partial charge < -0.3 is 15.3 Å². The van der Waals surface area contributed by atoms with Gasteiger partial charge in [0.1, 0.15) is 11.7 Å². The van der Waals surface area contributed by atoms with Gasteiger partial charge in [0.2, 0.25) is 0 Å². The first-order valence-electron chi connectivity index (χ1n) is 6.08. The Bertz CT molecular complexity index is 528. The zero-order valence-corrected chi connectivity index (χ0v) is 10.5. The van der Waals surface area contributed by atoms with Crippen LogP contribution in [0.3, 0.4) is 0 Å². The van der Waals surface area contributed by atoms with Crippen LogP contribution in [0.5, 0.6) is 5.75 Å². The van der Waals surface area contributed by atoms with E-state index < -0.39 is 18.0 Å². The number of aromatic hydroxyl groups is 1. The van der Waals surface area contributed by atoms with Crippen LogP contribution in [0, 0.1) is 5.92 Å². The van der Waals surface area contributed by atoms with E-state index in [-0.39, 0.29) is 11.7 Å². The van der Waals surface area contributed by atoms with Crippen LogP contribution >= 0.6 is 0 Å². The van der Waals surface area contributed by atoms with Crippen LogP contribution in [0.1, 0.15) is 18.4 Å². The smallest absolute Gasteiger partial charge is 0.315 e. The molecule has 0 radical (unpaired) electrons. The van der Waals surface area contributed by atoms with Crippen LogP contribution in [0.15, 0.2) is 48.1 Å². The van der Waals surface area contributed by atoms with E-state index >= 15 is 0 Å². The predicted molar refractivity (Wildman–Crippen MR) is 70.9 cm³/mol. The number of phenols is 1. The molecule has 1 aromatic carbocycles. The number of aliphatic carboxylic acids is 1. The van der Waals surface area contributed by atoms with Crippen molar-refractivity contribution in [3.05, 3.63) is 53.6 Å². The number of hydrogen-bond acceptors (Lipinski definition) is 3. The van der Waals surface area contributed by atoms with Crippen molar-refractivity contribution < 1.29 is 20.1 Å². The van der Waals surface area contributed by atoms with Crippen molar-refractivity contribution in [3.8, 4) is 5.75 Å². The Morgan fingerprint density at radius 2 is 1.89 bits per heavy atom. The summed E-state index contributed by atoms with van der Waals surface area (Å²) < 4.78 is 0. The molecule has 3 unspecified atom stereocenters. The van der Waals surface area contributed by atoms with Gasteiger partial charge >= 0.3 is 5.97 Å². The molecule has 3 atom stereocenters. The normalized spacial score (nSPS) is 23.8. The molecule has 0 fully saturated rings. The third-order valence-electron chi connectivity index (χ3n) is 3.29. The number of allylic oxidation sites excluding steroid dienone is 1. The van der Waals surface area contributed by atoms with Crippen molar-refractivity contribution in [2.45, 2.75) is 18.9 Å². The Kier molecular flexibility index (Phi) is 3.71. The minimum absolute atomic E-state index is 0.102. The molecule has 0 spiro atoms. The predicted octanol–water partition coefficient (Wildman–Crippen LogP) is 2.05. The molecule has 3 N–H and O–H groups in total. The fraction of sp³-hybridized carbons (Fsp3) is 0.267. The summed E-state index contributed by atoms with van der Waals surface area (Å²) in [7, 11) is 0. The van der Waals surface area contributed by atoms with Crippen molar-refractivity contribution in [2.24, 2.45) is 5.92 Å². The molecule has 4 nitrogen and oxygen atoms in total. The molecule has 0 aliphatic heterocycles. The molecule has 0 amide bonds. The second kappa shape index (κ2) is 5.28. The quantitative estimate of drug-likeness (QED) is 0.777. The largest absolute Gasteiger partial charge is 0.508 e. The number of rotatable bonds is 3. The maximum absolute atomic E-state index is 11.5. The first-order valence-corrected chi connectivity index (χ1v) is 6.08. The summed E-state index contributed by atoms with van der Waals surface area (Å²) in [6, 6.07) is 6.13. The number of hydrogen-bond donors (Lipinski definition) is 3. The molecule has 0 aromatic heterocycles. The summed E-state index contributed by atoms with van der Waals surface area (Å²) in [4.78, 5) is 11.5. The van der Waals surface area contributed by atoms with Crippen LogP contribution in [0.4, 0.5) is 0 Å². The first-order chi connectivity index (χ1) is 8.99. The topological polar surface area (TPSA) is 77.8 Å². The highest BCUT2D eigenvalue weighted by atomic mass is 16.4. The standard InChI is InChI=1S/C15H16O4/c1-9-8-11(4-7-13(9)17)14(15(18)19)10-2-5-12(16)6-3-10/h2-9,13-14,16-17H,1H3,(H,18,19). The summed E-state index contributed by atoms with van der Waals surface area (Å²) in [5.74, 6) is -1.75. The van der Waals surface area contributed by atoms with Crippen molar-refractivity contribution in [1.29, 1.82) is 0 Å². The van der Waals surface area contributed by atoms with Gasteiger partial charge in [-0.2, -0.15) is 0 Å². The molecule has 0 heterocycles.